The van der Waals surface area contributed by atoms with Gasteiger partial charge in [0, 0.05) is 11.8 Å². The van der Waals surface area contributed by atoms with E-state index in [9.17, 15) is 4.79 Å². The molecule has 0 saturated heterocycles. The number of hydrogen-bond acceptors (Lipinski definition) is 6. The molecule has 0 unspecified atom stereocenters. The van der Waals surface area contributed by atoms with Gasteiger partial charge in [-0.1, -0.05) is 41.6 Å². The van der Waals surface area contributed by atoms with Crippen molar-refractivity contribution >= 4 is 23.5 Å². The summed E-state index contributed by atoms with van der Waals surface area (Å²) in [4.78, 5) is 16.2. The van der Waals surface area contributed by atoms with E-state index in [0.717, 1.165) is 16.7 Å². The number of aromatic nitrogens is 4. The number of rotatable bonds is 5. The average molecular weight is 354 g/mol. The summed E-state index contributed by atoms with van der Waals surface area (Å²) in [6.07, 6.45) is 1.64. The molecule has 8 heteroatoms. The van der Waals surface area contributed by atoms with Crippen molar-refractivity contribution in [1.82, 2.24) is 19.9 Å². The van der Waals surface area contributed by atoms with Gasteiger partial charge in [0.25, 0.3) is 0 Å². The van der Waals surface area contributed by atoms with E-state index in [0.29, 0.717) is 16.8 Å². The van der Waals surface area contributed by atoms with E-state index < -0.39 is 0 Å². The molecule has 25 heavy (non-hydrogen) atoms. The van der Waals surface area contributed by atoms with Gasteiger partial charge in [0.2, 0.25) is 11.1 Å². The molecule has 0 aliphatic heterocycles. The Morgan fingerprint density at radius 3 is 2.84 bits per heavy atom. The van der Waals surface area contributed by atoms with E-state index in [2.05, 4.69) is 20.5 Å². The second-order valence-electron chi connectivity index (χ2n) is 5.55. The molecule has 1 amide bonds. The molecule has 3 aromatic rings. The van der Waals surface area contributed by atoms with Gasteiger partial charge in [0.15, 0.2) is 5.82 Å². The van der Waals surface area contributed by atoms with Gasteiger partial charge >= 0.3 is 0 Å². The summed E-state index contributed by atoms with van der Waals surface area (Å²) in [5, 5.41) is 11.5. The third-order valence-electron chi connectivity index (χ3n) is 3.54. The van der Waals surface area contributed by atoms with Crippen LogP contribution in [0.2, 0.25) is 0 Å². The molecule has 128 valence electrons. The van der Waals surface area contributed by atoms with Crippen LogP contribution < -0.4 is 11.2 Å². The molecule has 3 rings (SSSR count). The monoisotopic (exact) mass is 354 g/mol. The number of carbonyl (C=O) groups is 1. The first-order chi connectivity index (χ1) is 12.0. The van der Waals surface area contributed by atoms with Crippen LogP contribution in [0.4, 0.5) is 5.82 Å². The molecular weight excluding hydrogens is 336 g/mol. The Bertz CT molecular complexity index is 908. The Hall–Kier alpha value is -2.87. The van der Waals surface area contributed by atoms with Crippen molar-refractivity contribution in [3.63, 3.8) is 0 Å². The first-order valence-electron chi connectivity index (χ1n) is 7.66. The van der Waals surface area contributed by atoms with Crippen molar-refractivity contribution in [3.8, 4) is 11.4 Å². The maximum atomic E-state index is 12.1. The lowest BCUT2D eigenvalue weighted by Gasteiger charge is -2.07. The lowest BCUT2D eigenvalue weighted by atomic mass is 10.1. The summed E-state index contributed by atoms with van der Waals surface area (Å²) in [7, 11) is 0. The van der Waals surface area contributed by atoms with Crippen LogP contribution in [0.15, 0.2) is 47.8 Å². The van der Waals surface area contributed by atoms with Gasteiger partial charge in [0.1, 0.15) is 5.82 Å². The predicted octanol–water partition coefficient (Wildman–Crippen LogP) is 2.40. The maximum absolute atomic E-state index is 12.1. The normalized spacial score (nSPS) is 10.6. The number of nitrogens with one attached hydrogen (secondary N) is 1. The number of aryl methyl sites for hydroxylation is 2. The summed E-state index contributed by atoms with van der Waals surface area (Å²) in [6, 6.07) is 11.6. The molecule has 2 aromatic heterocycles. The number of thioether (sulfide) groups is 1. The van der Waals surface area contributed by atoms with Gasteiger partial charge in [0.05, 0.1) is 5.75 Å². The second-order valence-corrected chi connectivity index (χ2v) is 6.49. The number of benzene rings is 1. The predicted molar refractivity (Wildman–Crippen MR) is 98.7 cm³/mol. The van der Waals surface area contributed by atoms with Gasteiger partial charge in [-0.15, -0.1) is 10.2 Å². The highest BCUT2D eigenvalue weighted by molar-refractivity contribution is 7.99. The van der Waals surface area contributed by atoms with Crippen LogP contribution in [0.1, 0.15) is 11.1 Å². The third kappa shape index (κ3) is 3.97. The van der Waals surface area contributed by atoms with Crippen LogP contribution in [-0.4, -0.2) is 31.5 Å². The number of anilines is 1. The maximum Gasteiger partial charge on any atom is 0.236 e. The number of nitrogen functional groups attached to an aromatic ring is 1. The van der Waals surface area contributed by atoms with E-state index in [4.69, 9.17) is 5.84 Å². The van der Waals surface area contributed by atoms with Crippen molar-refractivity contribution in [2.75, 3.05) is 16.9 Å². The van der Waals surface area contributed by atoms with Crippen molar-refractivity contribution < 1.29 is 4.79 Å². The van der Waals surface area contributed by atoms with Crippen LogP contribution in [0.25, 0.3) is 11.4 Å². The van der Waals surface area contributed by atoms with Crippen molar-refractivity contribution in [1.29, 1.82) is 0 Å². The Kier molecular flexibility index (Phi) is 4.99. The third-order valence-corrected chi connectivity index (χ3v) is 4.48. The fourth-order valence-electron chi connectivity index (χ4n) is 2.27. The molecule has 0 atom stereocenters. The molecule has 0 spiro atoms. The van der Waals surface area contributed by atoms with Crippen LogP contribution in [0.3, 0.4) is 0 Å². The van der Waals surface area contributed by atoms with E-state index in [1.165, 1.54) is 16.4 Å². The topological polar surface area (TPSA) is 98.7 Å². The van der Waals surface area contributed by atoms with Gasteiger partial charge in [-0.05, 0) is 31.5 Å². The molecule has 0 fully saturated rings. The standard InChI is InChI=1S/C17H18N6OS/c1-11-5-3-7-13(9-11)16-21-22-17(23(16)18)25-10-14(24)20-15-12(2)6-4-8-19-15/h3-9H,10,18H2,1-2H3,(H,19,20,24). The minimum absolute atomic E-state index is 0.166. The smallest absolute Gasteiger partial charge is 0.236 e. The lowest BCUT2D eigenvalue weighted by molar-refractivity contribution is -0.113. The quantitative estimate of drug-likeness (QED) is 0.539. The van der Waals surface area contributed by atoms with E-state index in [1.807, 2.05) is 50.2 Å². The molecule has 0 radical (unpaired) electrons. The lowest BCUT2D eigenvalue weighted by Crippen LogP contribution is -2.17. The Labute approximate surface area is 149 Å². The first kappa shape index (κ1) is 17.0. The van der Waals surface area contributed by atoms with E-state index in [1.54, 1.807) is 6.20 Å². The molecule has 0 aliphatic carbocycles. The van der Waals surface area contributed by atoms with E-state index in [-0.39, 0.29) is 11.7 Å². The summed E-state index contributed by atoms with van der Waals surface area (Å²) in [5.41, 5.74) is 2.90. The van der Waals surface area contributed by atoms with Crippen molar-refractivity contribution in [2.24, 2.45) is 0 Å². The molecule has 0 aliphatic rings. The van der Waals surface area contributed by atoms with Crippen molar-refractivity contribution in [2.45, 2.75) is 19.0 Å². The highest BCUT2D eigenvalue weighted by atomic mass is 32.2. The number of nitrogens with zero attached hydrogens (tertiary/aromatic N) is 4. The zero-order chi connectivity index (χ0) is 17.8. The van der Waals surface area contributed by atoms with Crippen LogP contribution in [0, 0.1) is 13.8 Å². The summed E-state index contributed by atoms with van der Waals surface area (Å²) in [6.45, 7) is 3.89. The summed E-state index contributed by atoms with van der Waals surface area (Å²) in [5.74, 6) is 7.19. The zero-order valence-electron chi connectivity index (χ0n) is 13.9. The average Bonchev–Trinajstić information content (AvgIpc) is 2.96. The molecular formula is C17H18N6OS. The van der Waals surface area contributed by atoms with Crippen LogP contribution >= 0.6 is 11.8 Å². The Morgan fingerprint density at radius 2 is 2.08 bits per heavy atom. The number of hydrogen-bond donors (Lipinski definition) is 2. The summed E-state index contributed by atoms with van der Waals surface area (Å²) >= 11 is 1.22. The number of nitrogens with two attached hydrogens (primary N) is 1. The Balaban J connectivity index is 1.66. The van der Waals surface area contributed by atoms with Crippen LogP contribution in [-0.2, 0) is 4.79 Å². The van der Waals surface area contributed by atoms with Crippen LogP contribution in [0.5, 0.6) is 0 Å². The molecule has 2 heterocycles. The van der Waals surface area contributed by atoms with Gasteiger partial charge in [-0.25, -0.2) is 9.66 Å². The molecule has 3 N–H and O–H groups in total. The molecule has 1 aromatic carbocycles. The first-order valence-corrected chi connectivity index (χ1v) is 8.65. The molecule has 0 bridgehead atoms. The fraction of sp³-hybridized carbons (Fsp3) is 0.176. The van der Waals surface area contributed by atoms with Crippen molar-refractivity contribution in [3.05, 3.63) is 53.7 Å². The second kappa shape index (κ2) is 7.35. The largest absolute Gasteiger partial charge is 0.335 e. The molecule has 0 saturated carbocycles. The van der Waals surface area contributed by atoms with E-state index >= 15 is 0 Å². The number of pyridine rings is 1. The molecule has 7 nitrogen and oxygen atoms in total. The van der Waals surface area contributed by atoms with Gasteiger partial charge < -0.3 is 11.2 Å². The fourth-order valence-corrected chi connectivity index (χ4v) is 2.93. The number of carbonyl (C=O) groups excluding carboxylic acids is 1. The number of amides is 1. The van der Waals surface area contributed by atoms with Gasteiger partial charge in [-0.3, -0.25) is 4.79 Å². The minimum atomic E-state index is -0.174. The minimum Gasteiger partial charge on any atom is -0.335 e. The highest BCUT2D eigenvalue weighted by Crippen LogP contribution is 2.22. The Morgan fingerprint density at radius 1 is 1.24 bits per heavy atom. The van der Waals surface area contributed by atoms with Gasteiger partial charge in [-0.2, -0.15) is 0 Å². The SMILES string of the molecule is Cc1cccc(-c2nnc(SCC(=O)Nc3ncccc3C)n2N)c1. The zero-order valence-corrected chi connectivity index (χ0v) is 14.7. The summed E-state index contributed by atoms with van der Waals surface area (Å²) < 4.78 is 1.40. The highest BCUT2D eigenvalue weighted by Gasteiger charge is 2.14.